The molecule has 27 heavy (non-hydrogen) atoms. The summed E-state index contributed by atoms with van der Waals surface area (Å²) >= 11 is 0. The highest BCUT2D eigenvalue weighted by molar-refractivity contribution is 5.79. The maximum absolute atomic E-state index is 12.7. The van der Waals surface area contributed by atoms with E-state index in [1.807, 2.05) is 25.2 Å². The molecule has 0 spiro atoms. The van der Waals surface area contributed by atoms with E-state index in [2.05, 4.69) is 11.9 Å². The van der Waals surface area contributed by atoms with Gasteiger partial charge in [0.2, 0.25) is 12.3 Å². The minimum absolute atomic E-state index is 0.0910. The van der Waals surface area contributed by atoms with Gasteiger partial charge < -0.3 is 20.1 Å². The van der Waals surface area contributed by atoms with Crippen LogP contribution in [0.1, 0.15) is 40.0 Å². The lowest BCUT2D eigenvalue weighted by Crippen LogP contribution is -2.50. The van der Waals surface area contributed by atoms with E-state index < -0.39 is 18.1 Å². The zero-order valence-electron chi connectivity index (χ0n) is 16.9. The van der Waals surface area contributed by atoms with Crippen molar-refractivity contribution in [1.29, 1.82) is 0 Å². The third-order valence-electron chi connectivity index (χ3n) is 5.19. The summed E-state index contributed by atoms with van der Waals surface area (Å²) < 4.78 is 5.56. The molecule has 0 radical (unpaired) electrons. The van der Waals surface area contributed by atoms with E-state index in [-0.39, 0.29) is 18.1 Å². The van der Waals surface area contributed by atoms with Crippen LogP contribution in [0.15, 0.2) is 36.5 Å². The standard InChI is InChI=1S/C21H34N2O4/c1-6-7-8-9-11-15(2)19(25)17(4)22-21(26)16(3)20(27-5)18-12-10-13-23(18)14-24/h6-8,11,14,16-20,25H,1,9-10,12-13H2,2-5H3,(H,22,26)/b8-7-,15-11+. The summed E-state index contributed by atoms with van der Waals surface area (Å²) in [5.74, 6) is -0.625. The van der Waals surface area contributed by atoms with E-state index in [0.717, 1.165) is 24.8 Å². The third kappa shape index (κ3) is 6.63. The lowest BCUT2D eigenvalue weighted by Gasteiger charge is -2.32. The number of rotatable bonds is 11. The van der Waals surface area contributed by atoms with Crippen LogP contribution in [0.3, 0.4) is 0 Å². The molecule has 2 amide bonds. The number of amides is 2. The van der Waals surface area contributed by atoms with Crippen LogP contribution in [0.25, 0.3) is 0 Å². The minimum Gasteiger partial charge on any atom is -0.387 e. The first-order valence-electron chi connectivity index (χ1n) is 9.53. The van der Waals surface area contributed by atoms with Crippen molar-refractivity contribution < 1.29 is 19.4 Å². The summed E-state index contributed by atoms with van der Waals surface area (Å²) in [5, 5.41) is 13.3. The van der Waals surface area contributed by atoms with E-state index in [0.29, 0.717) is 13.0 Å². The van der Waals surface area contributed by atoms with Crippen LogP contribution < -0.4 is 5.32 Å². The molecule has 0 aromatic heterocycles. The average Bonchev–Trinajstić information content (AvgIpc) is 3.13. The van der Waals surface area contributed by atoms with Gasteiger partial charge in [0.25, 0.3) is 0 Å². The smallest absolute Gasteiger partial charge is 0.225 e. The molecule has 0 saturated carbocycles. The molecule has 0 aliphatic carbocycles. The van der Waals surface area contributed by atoms with Gasteiger partial charge in [0.15, 0.2) is 0 Å². The quantitative estimate of drug-likeness (QED) is 0.328. The SMILES string of the molecule is C=C/C=C\C/C=C(\C)C(O)C(C)NC(=O)C(C)C(OC)C1CCCN1C=O. The Morgan fingerprint density at radius 2 is 2.15 bits per heavy atom. The van der Waals surface area contributed by atoms with Crippen molar-refractivity contribution in [2.75, 3.05) is 13.7 Å². The Hall–Kier alpha value is -1.92. The first kappa shape index (κ1) is 23.1. The third-order valence-corrected chi connectivity index (χ3v) is 5.19. The van der Waals surface area contributed by atoms with Crippen LogP contribution in [-0.2, 0) is 14.3 Å². The fourth-order valence-corrected chi connectivity index (χ4v) is 3.52. The summed E-state index contributed by atoms with van der Waals surface area (Å²) in [6.45, 7) is 9.73. The second kappa shape index (κ2) is 11.7. The highest BCUT2D eigenvalue weighted by atomic mass is 16.5. The molecule has 0 aromatic carbocycles. The van der Waals surface area contributed by atoms with Crippen molar-refractivity contribution in [2.45, 2.75) is 64.3 Å². The van der Waals surface area contributed by atoms with Crippen LogP contribution in [0.2, 0.25) is 0 Å². The molecule has 1 aliphatic rings. The van der Waals surface area contributed by atoms with Gasteiger partial charge in [-0.15, -0.1) is 0 Å². The Bertz CT molecular complexity index is 558. The summed E-state index contributed by atoms with van der Waals surface area (Å²) in [4.78, 5) is 25.6. The van der Waals surface area contributed by atoms with Gasteiger partial charge in [0.05, 0.1) is 30.2 Å². The molecular weight excluding hydrogens is 344 g/mol. The average molecular weight is 379 g/mol. The number of aliphatic hydroxyl groups is 1. The fraction of sp³-hybridized carbons (Fsp3) is 0.619. The van der Waals surface area contributed by atoms with Gasteiger partial charge in [-0.3, -0.25) is 9.59 Å². The molecule has 1 fully saturated rings. The minimum atomic E-state index is -0.766. The first-order chi connectivity index (χ1) is 12.9. The van der Waals surface area contributed by atoms with E-state index in [4.69, 9.17) is 4.74 Å². The summed E-state index contributed by atoms with van der Waals surface area (Å²) in [6, 6.07) is -0.519. The van der Waals surface area contributed by atoms with Crippen LogP contribution in [0.5, 0.6) is 0 Å². The van der Waals surface area contributed by atoms with Gasteiger partial charge in [0, 0.05) is 13.7 Å². The topological polar surface area (TPSA) is 78.9 Å². The van der Waals surface area contributed by atoms with Gasteiger partial charge in [0.1, 0.15) is 0 Å². The predicted molar refractivity (Wildman–Crippen MR) is 107 cm³/mol. The molecule has 6 nitrogen and oxygen atoms in total. The molecule has 1 rings (SSSR count). The van der Waals surface area contributed by atoms with E-state index >= 15 is 0 Å². The van der Waals surface area contributed by atoms with Gasteiger partial charge in [-0.25, -0.2) is 0 Å². The van der Waals surface area contributed by atoms with E-state index in [1.54, 1.807) is 31.9 Å². The predicted octanol–water partition coefficient (Wildman–Crippen LogP) is 2.20. The molecule has 1 aliphatic heterocycles. The number of carbonyl (C=O) groups is 2. The highest BCUT2D eigenvalue weighted by Gasteiger charge is 2.37. The van der Waals surface area contributed by atoms with Crippen molar-refractivity contribution in [3.8, 4) is 0 Å². The lowest BCUT2D eigenvalue weighted by atomic mass is 9.94. The van der Waals surface area contributed by atoms with Crippen molar-refractivity contribution >= 4 is 12.3 Å². The number of likely N-dealkylation sites (tertiary alicyclic amines) is 1. The number of carbonyl (C=O) groups excluding carboxylic acids is 2. The Balaban J connectivity index is 2.67. The molecule has 1 heterocycles. The molecule has 5 unspecified atom stereocenters. The summed E-state index contributed by atoms with van der Waals surface area (Å²) in [7, 11) is 1.57. The second-order valence-electron chi connectivity index (χ2n) is 7.13. The Morgan fingerprint density at radius 3 is 2.74 bits per heavy atom. The number of ether oxygens (including phenoxy) is 1. The Labute approximate surface area is 163 Å². The number of allylic oxidation sites excluding steroid dienone is 4. The number of hydrogen-bond donors (Lipinski definition) is 2. The van der Waals surface area contributed by atoms with E-state index in [9.17, 15) is 14.7 Å². The number of hydrogen-bond acceptors (Lipinski definition) is 4. The lowest BCUT2D eigenvalue weighted by molar-refractivity contribution is -0.134. The molecule has 6 heteroatoms. The van der Waals surface area contributed by atoms with Gasteiger partial charge in [-0.2, -0.15) is 0 Å². The molecular formula is C21H34N2O4. The van der Waals surface area contributed by atoms with Gasteiger partial charge in [-0.1, -0.05) is 37.8 Å². The number of nitrogens with zero attached hydrogens (tertiary/aromatic N) is 1. The Kier molecular flexibility index (Phi) is 10.0. The van der Waals surface area contributed by atoms with Crippen molar-refractivity contribution in [1.82, 2.24) is 10.2 Å². The first-order valence-corrected chi connectivity index (χ1v) is 9.53. The maximum Gasteiger partial charge on any atom is 0.225 e. The normalized spacial score (nSPS) is 22.3. The summed E-state index contributed by atoms with van der Waals surface area (Å²) in [6.07, 6.45) is 9.54. The highest BCUT2D eigenvalue weighted by Crippen LogP contribution is 2.25. The molecule has 5 atom stereocenters. The van der Waals surface area contributed by atoms with Crippen LogP contribution in [0.4, 0.5) is 0 Å². The van der Waals surface area contributed by atoms with Crippen molar-refractivity contribution in [3.05, 3.63) is 36.5 Å². The maximum atomic E-state index is 12.7. The van der Waals surface area contributed by atoms with Crippen molar-refractivity contribution in [3.63, 3.8) is 0 Å². The zero-order valence-corrected chi connectivity index (χ0v) is 16.9. The number of aliphatic hydroxyl groups excluding tert-OH is 1. The van der Waals surface area contributed by atoms with Crippen LogP contribution in [0, 0.1) is 5.92 Å². The molecule has 0 aromatic rings. The molecule has 1 saturated heterocycles. The number of nitrogens with one attached hydrogen (secondary N) is 1. The second-order valence-corrected chi connectivity index (χ2v) is 7.13. The monoisotopic (exact) mass is 378 g/mol. The molecule has 0 bridgehead atoms. The number of methoxy groups -OCH3 is 1. The van der Waals surface area contributed by atoms with Gasteiger partial charge >= 0.3 is 0 Å². The fourth-order valence-electron chi connectivity index (χ4n) is 3.52. The van der Waals surface area contributed by atoms with Crippen molar-refractivity contribution in [2.24, 2.45) is 5.92 Å². The van der Waals surface area contributed by atoms with Crippen LogP contribution in [-0.4, -0.2) is 60.3 Å². The Morgan fingerprint density at radius 1 is 1.44 bits per heavy atom. The molecule has 2 N–H and O–H groups in total. The van der Waals surface area contributed by atoms with Gasteiger partial charge in [-0.05, 0) is 38.7 Å². The van der Waals surface area contributed by atoms with E-state index in [1.165, 1.54) is 0 Å². The summed E-state index contributed by atoms with van der Waals surface area (Å²) in [5.41, 5.74) is 0.801. The zero-order chi connectivity index (χ0) is 20.4. The molecule has 152 valence electrons. The largest absolute Gasteiger partial charge is 0.387 e. The van der Waals surface area contributed by atoms with Crippen LogP contribution >= 0.6 is 0 Å².